The first-order valence-electron chi connectivity index (χ1n) is 8.60. The molecule has 0 saturated heterocycles. The Labute approximate surface area is 140 Å². The number of fused-ring (bicyclic) bond motifs is 1. The maximum Gasteiger partial charge on any atom is 0.191 e. The number of hydrogen-bond acceptors (Lipinski definition) is 3. The molecule has 0 amide bonds. The van der Waals surface area contributed by atoms with Gasteiger partial charge in [0.2, 0.25) is 0 Å². The Morgan fingerprint density at radius 2 is 2.13 bits per heavy atom. The summed E-state index contributed by atoms with van der Waals surface area (Å²) in [6.45, 7) is 6.05. The number of ether oxygens (including phenoxy) is 1. The Hall–Kier alpha value is -1.75. The summed E-state index contributed by atoms with van der Waals surface area (Å²) in [5.41, 5.74) is 1.29. The molecule has 1 aliphatic heterocycles. The van der Waals surface area contributed by atoms with Crippen LogP contribution >= 0.6 is 0 Å². The van der Waals surface area contributed by atoms with E-state index in [4.69, 9.17) is 4.74 Å². The smallest absolute Gasteiger partial charge is 0.191 e. The van der Waals surface area contributed by atoms with Gasteiger partial charge in [-0.15, -0.1) is 0 Å². The third-order valence-electron chi connectivity index (χ3n) is 4.11. The first-order chi connectivity index (χ1) is 11.2. The SMILES string of the molecule is CCCCN(C)CCNC(=NC)NCC1Cc2ccccc2O1. The maximum atomic E-state index is 5.94. The molecular weight excluding hydrogens is 288 g/mol. The van der Waals surface area contributed by atoms with Crippen LogP contribution in [0, 0.1) is 0 Å². The molecule has 2 rings (SSSR count). The van der Waals surface area contributed by atoms with Crippen LogP contribution in [0.25, 0.3) is 0 Å². The lowest BCUT2D eigenvalue weighted by atomic mass is 10.1. The molecule has 0 fully saturated rings. The molecule has 5 nitrogen and oxygen atoms in total. The number of benzene rings is 1. The summed E-state index contributed by atoms with van der Waals surface area (Å²) in [5, 5.41) is 6.72. The van der Waals surface area contributed by atoms with Crippen LogP contribution in [0.2, 0.25) is 0 Å². The zero-order chi connectivity index (χ0) is 16.5. The lowest BCUT2D eigenvalue weighted by molar-refractivity contribution is 0.234. The van der Waals surface area contributed by atoms with Gasteiger partial charge in [-0.25, -0.2) is 0 Å². The molecule has 1 aliphatic rings. The van der Waals surface area contributed by atoms with E-state index in [0.717, 1.165) is 44.3 Å². The molecule has 0 aliphatic carbocycles. The molecule has 2 N–H and O–H groups in total. The Balaban J connectivity index is 1.64. The van der Waals surface area contributed by atoms with E-state index in [0.29, 0.717) is 0 Å². The Bertz CT molecular complexity index is 479. The summed E-state index contributed by atoms with van der Waals surface area (Å²) in [5.74, 6) is 1.85. The van der Waals surface area contributed by atoms with E-state index in [1.807, 2.05) is 12.1 Å². The molecule has 1 atom stereocenters. The van der Waals surface area contributed by atoms with Crippen molar-refractivity contribution in [3.05, 3.63) is 29.8 Å². The quantitative estimate of drug-likeness (QED) is 0.568. The van der Waals surface area contributed by atoms with Crippen LogP contribution in [-0.4, -0.2) is 57.2 Å². The van der Waals surface area contributed by atoms with Crippen molar-refractivity contribution in [3.8, 4) is 5.75 Å². The molecule has 1 heterocycles. The molecule has 0 saturated carbocycles. The Kier molecular flexibility index (Phi) is 7.20. The summed E-state index contributed by atoms with van der Waals surface area (Å²) in [4.78, 5) is 6.63. The van der Waals surface area contributed by atoms with Crippen LogP contribution in [0.3, 0.4) is 0 Å². The van der Waals surface area contributed by atoms with Crippen molar-refractivity contribution in [2.75, 3.05) is 40.3 Å². The largest absolute Gasteiger partial charge is 0.488 e. The molecule has 1 unspecified atom stereocenters. The predicted octanol–water partition coefficient (Wildman–Crippen LogP) is 1.89. The molecule has 1 aromatic rings. The van der Waals surface area contributed by atoms with E-state index >= 15 is 0 Å². The fraction of sp³-hybridized carbons (Fsp3) is 0.611. The van der Waals surface area contributed by atoms with Gasteiger partial charge in [0, 0.05) is 26.6 Å². The fourth-order valence-corrected chi connectivity index (χ4v) is 2.70. The van der Waals surface area contributed by atoms with Gasteiger partial charge in [0.1, 0.15) is 11.9 Å². The highest BCUT2D eigenvalue weighted by molar-refractivity contribution is 5.79. The highest BCUT2D eigenvalue weighted by Crippen LogP contribution is 2.27. The zero-order valence-electron chi connectivity index (χ0n) is 14.6. The molecule has 5 heteroatoms. The second kappa shape index (κ2) is 9.40. The average Bonchev–Trinajstić information content (AvgIpc) is 2.98. The first kappa shape index (κ1) is 17.6. The monoisotopic (exact) mass is 318 g/mol. The number of aliphatic imine (C=N–C) groups is 1. The molecule has 0 spiro atoms. The minimum absolute atomic E-state index is 0.179. The van der Waals surface area contributed by atoms with Crippen molar-refractivity contribution < 1.29 is 4.74 Å². The summed E-state index contributed by atoms with van der Waals surface area (Å²) in [6.07, 6.45) is 3.63. The average molecular weight is 318 g/mol. The number of para-hydroxylation sites is 1. The first-order valence-corrected chi connectivity index (χ1v) is 8.60. The Morgan fingerprint density at radius 3 is 2.87 bits per heavy atom. The molecule has 128 valence electrons. The van der Waals surface area contributed by atoms with Crippen LogP contribution in [0.15, 0.2) is 29.3 Å². The summed E-state index contributed by atoms with van der Waals surface area (Å²) in [6, 6.07) is 8.25. The van der Waals surface area contributed by atoms with E-state index in [-0.39, 0.29) is 6.10 Å². The molecule has 0 aromatic heterocycles. The van der Waals surface area contributed by atoms with Gasteiger partial charge >= 0.3 is 0 Å². The van der Waals surface area contributed by atoms with Gasteiger partial charge in [-0.05, 0) is 31.6 Å². The minimum Gasteiger partial charge on any atom is -0.488 e. The van der Waals surface area contributed by atoms with E-state index < -0.39 is 0 Å². The third-order valence-corrected chi connectivity index (χ3v) is 4.11. The van der Waals surface area contributed by atoms with Gasteiger partial charge in [0.15, 0.2) is 5.96 Å². The molecule has 0 bridgehead atoms. The van der Waals surface area contributed by atoms with E-state index in [1.54, 1.807) is 7.05 Å². The number of nitrogens with one attached hydrogen (secondary N) is 2. The highest BCUT2D eigenvalue weighted by atomic mass is 16.5. The molecular formula is C18H30N4O. The lowest BCUT2D eigenvalue weighted by Crippen LogP contribution is -2.44. The van der Waals surface area contributed by atoms with Crippen molar-refractivity contribution >= 4 is 5.96 Å². The van der Waals surface area contributed by atoms with Gasteiger partial charge in [-0.1, -0.05) is 31.5 Å². The number of likely N-dealkylation sites (N-methyl/N-ethyl adjacent to an activating group) is 1. The van der Waals surface area contributed by atoms with E-state index in [1.165, 1.54) is 18.4 Å². The van der Waals surface area contributed by atoms with Crippen LogP contribution in [0.1, 0.15) is 25.3 Å². The number of hydrogen-bond donors (Lipinski definition) is 2. The van der Waals surface area contributed by atoms with Crippen molar-refractivity contribution in [2.45, 2.75) is 32.3 Å². The van der Waals surface area contributed by atoms with Crippen molar-refractivity contribution in [1.29, 1.82) is 0 Å². The normalized spacial score (nSPS) is 17.0. The van der Waals surface area contributed by atoms with Crippen LogP contribution < -0.4 is 15.4 Å². The van der Waals surface area contributed by atoms with Crippen molar-refractivity contribution in [1.82, 2.24) is 15.5 Å². The fourth-order valence-electron chi connectivity index (χ4n) is 2.70. The zero-order valence-corrected chi connectivity index (χ0v) is 14.6. The summed E-state index contributed by atoms with van der Waals surface area (Å²) < 4.78 is 5.94. The van der Waals surface area contributed by atoms with E-state index in [9.17, 15) is 0 Å². The van der Waals surface area contributed by atoms with Gasteiger partial charge in [-0.3, -0.25) is 4.99 Å². The standard InChI is InChI=1S/C18H30N4O/c1-4-5-11-22(3)12-10-20-18(19-2)21-14-16-13-15-8-6-7-9-17(15)23-16/h6-9,16H,4-5,10-14H2,1-3H3,(H2,19,20,21). The van der Waals surface area contributed by atoms with E-state index in [2.05, 4.69) is 46.6 Å². The summed E-state index contributed by atoms with van der Waals surface area (Å²) in [7, 11) is 3.97. The lowest BCUT2D eigenvalue weighted by Gasteiger charge is -2.19. The van der Waals surface area contributed by atoms with Gasteiger partial charge in [0.05, 0.1) is 6.54 Å². The molecule has 0 radical (unpaired) electrons. The summed E-state index contributed by atoms with van der Waals surface area (Å²) >= 11 is 0. The topological polar surface area (TPSA) is 48.9 Å². The second-order valence-corrected chi connectivity index (χ2v) is 6.09. The van der Waals surface area contributed by atoms with Crippen molar-refractivity contribution in [3.63, 3.8) is 0 Å². The Morgan fingerprint density at radius 1 is 1.30 bits per heavy atom. The van der Waals surface area contributed by atoms with Crippen molar-refractivity contribution in [2.24, 2.45) is 4.99 Å². The van der Waals surface area contributed by atoms with Crippen LogP contribution in [0.4, 0.5) is 0 Å². The molecule has 1 aromatic carbocycles. The van der Waals surface area contributed by atoms with Crippen LogP contribution in [-0.2, 0) is 6.42 Å². The third kappa shape index (κ3) is 5.75. The minimum atomic E-state index is 0.179. The molecule has 23 heavy (non-hydrogen) atoms. The van der Waals surface area contributed by atoms with Gasteiger partial charge < -0.3 is 20.3 Å². The highest BCUT2D eigenvalue weighted by Gasteiger charge is 2.22. The maximum absolute atomic E-state index is 5.94. The van der Waals surface area contributed by atoms with Crippen LogP contribution in [0.5, 0.6) is 5.75 Å². The number of unbranched alkanes of at least 4 members (excludes halogenated alkanes) is 1. The number of guanidine groups is 1. The predicted molar refractivity (Wildman–Crippen MR) is 96.3 cm³/mol. The number of rotatable bonds is 8. The number of nitrogens with zero attached hydrogens (tertiary/aromatic N) is 2. The van der Waals surface area contributed by atoms with Gasteiger partial charge in [0.25, 0.3) is 0 Å². The van der Waals surface area contributed by atoms with Gasteiger partial charge in [-0.2, -0.15) is 0 Å². The second-order valence-electron chi connectivity index (χ2n) is 6.09.